The van der Waals surface area contributed by atoms with E-state index in [1.54, 1.807) is 44.2 Å². The van der Waals surface area contributed by atoms with Crippen LogP contribution in [0.3, 0.4) is 0 Å². The molecule has 0 spiro atoms. The number of carbonyl (C=O) groups excluding carboxylic acids is 3. The molecular formula is C25H26N2O6S. The standard InChI is InChI=1S/C25H26N2O6S/c1-6-33-25(30)20-15(3)21(23(29)26-18-13-17(31-4)11-12-19(18)32-5)34-24(20)27-22(28)16-9-7-14(2)8-10-16/h7-13H,6H2,1-5H3,(H,26,29)(H,27,28). The van der Waals surface area contributed by atoms with Gasteiger partial charge >= 0.3 is 5.97 Å². The monoisotopic (exact) mass is 482 g/mol. The summed E-state index contributed by atoms with van der Waals surface area (Å²) in [6, 6.07) is 12.0. The van der Waals surface area contributed by atoms with E-state index < -0.39 is 17.8 Å². The van der Waals surface area contributed by atoms with Crippen LogP contribution >= 0.6 is 11.3 Å². The summed E-state index contributed by atoms with van der Waals surface area (Å²) in [6.07, 6.45) is 0. The molecule has 0 unspecified atom stereocenters. The Hall–Kier alpha value is -3.85. The lowest BCUT2D eigenvalue weighted by atomic mass is 10.1. The van der Waals surface area contributed by atoms with Gasteiger partial charge in [0.25, 0.3) is 11.8 Å². The number of hydrogen-bond donors (Lipinski definition) is 2. The minimum atomic E-state index is -0.617. The van der Waals surface area contributed by atoms with Crippen molar-refractivity contribution in [1.29, 1.82) is 0 Å². The zero-order valence-corrected chi connectivity index (χ0v) is 20.4. The van der Waals surface area contributed by atoms with Crippen molar-refractivity contribution in [2.45, 2.75) is 20.8 Å². The highest BCUT2D eigenvalue weighted by Crippen LogP contribution is 2.36. The smallest absolute Gasteiger partial charge is 0.341 e. The van der Waals surface area contributed by atoms with Crippen molar-refractivity contribution < 1.29 is 28.6 Å². The molecule has 1 heterocycles. The van der Waals surface area contributed by atoms with Gasteiger partial charge in [-0.15, -0.1) is 11.3 Å². The molecule has 0 aliphatic heterocycles. The van der Waals surface area contributed by atoms with Crippen LogP contribution in [0.25, 0.3) is 0 Å². The first-order valence-corrected chi connectivity index (χ1v) is 11.3. The highest BCUT2D eigenvalue weighted by molar-refractivity contribution is 7.19. The highest BCUT2D eigenvalue weighted by Gasteiger charge is 2.27. The van der Waals surface area contributed by atoms with Gasteiger partial charge in [0, 0.05) is 11.6 Å². The molecule has 0 atom stereocenters. The van der Waals surface area contributed by atoms with Gasteiger partial charge in [0.05, 0.1) is 37.0 Å². The van der Waals surface area contributed by atoms with Gasteiger partial charge in [0.2, 0.25) is 0 Å². The molecule has 2 N–H and O–H groups in total. The minimum absolute atomic E-state index is 0.148. The number of nitrogens with one attached hydrogen (secondary N) is 2. The van der Waals surface area contributed by atoms with Gasteiger partial charge in [-0.05, 0) is 50.6 Å². The van der Waals surface area contributed by atoms with Crippen LogP contribution in [-0.4, -0.2) is 38.6 Å². The third kappa shape index (κ3) is 5.37. The first-order valence-electron chi connectivity index (χ1n) is 10.5. The lowest BCUT2D eigenvalue weighted by Gasteiger charge is -2.11. The van der Waals surface area contributed by atoms with Crippen LogP contribution in [-0.2, 0) is 4.74 Å². The van der Waals surface area contributed by atoms with Crippen molar-refractivity contribution in [3.8, 4) is 11.5 Å². The summed E-state index contributed by atoms with van der Waals surface area (Å²) in [5, 5.41) is 5.80. The van der Waals surface area contributed by atoms with Crippen molar-refractivity contribution in [2.75, 3.05) is 31.5 Å². The Bertz CT molecular complexity index is 1220. The Balaban J connectivity index is 1.97. The van der Waals surface area contributed by atoms with Crippen LogP contribution in [0.15, 0.2) is 42.5 Å². The van der Waals surface area contributed by atoms with E-state index in [1.807, 2.05) is 19.1 Å². The normalized spacial score (nSPS) is 10.4. The molecule has 0 aliphatic rings. The van der Waals surface area contributed by atoms with Gasteiger partial charge in [-0.1, -0.05) is 17.7 Å². The number of carbonyl (C=O) groups is 3. The molecule has 2 amide bonds. The van der Waals surface area contributed by atoms with Gasteiger partial charge in [0.15, 0.2) is 0 Å². The quantitative estimate of drug-likeness (QED) is 0.435. The van der Waals surface area contributed by atoms with Crippen molar-refractivity contribution in [3.05, 3.63) is 69.6 Å². The molecule has 3 rings (SSSR count). The number of esters is 1. The Labute approximate surface area is 201 Å². The Morgan fingerprint density at radius 3 is 2.24 bits per heavy atom. The van der Waals surface area contributed by atoms with Crippen LogP contribution in [0.4, 0.5) is 10.7 Å². The summed E-state index contributed by atoms with van der Waals surface area (Å²) >= 11 is 1.00. The van der Waals surface area contributed by atoms with E-state index in [2.05, 4.69) is 10.6 Å². The van der Waals surface area contributed by atoms with Gasteiger partial charge in [0.1, 0.15) is 16.5 Å². The molecule has 0 fully saturated rings. The van der Waals surface area contributed by atoms with Crippen LogP contribution in [0.1, 0.15) is 48.4 Å². The van der Waals surface area contributed by atoms with Gasteiger partial charge < -0.3 is 24.8 Å². The summed E-state index contributed by atoms with van der Waals surface area (Å²) in [7, 11) is 3.01. The predicted molar refractivity (Wildman–Crippen MR) is 132 cm³/mol. The SMILES string of the molecule is CCOC(=O)c1c(NC(=O)c2ccc(C)cc2)sc(C(=O)Nc2cc(OC)ccc2OC)c1C. The number of ether oxygens (including phenoxy) is 3. The number of thiophene rings is 1. The van der Waals surface area contributed by atoms with E-state index in [9.17, 15) is 14.4 Å². The fourth-order valence-electron chi connectivity index (χ4n) is 3.24. The van der Waals surface area contributed by atoms with Gasteiger partial charge in [-0.25, -0.2) is 4.79 Å². The first kappa shape index (κ1) is 24.8. The molecule has 0 saturated carbocycles. The fourth-order valence-corrected chi connectivity index (χ4v) is 4.32. The summed E-state index contributed by atoms with van der Waals surface area (Å²) in [4.78, 5) is 38.9. The number of rotatable bonds is 8. The molecule has 178 valence electrons. The van der Waals surface area contributed by atoms with Gasteiger partial charge in [-0.2, -0.15) is 0 Å². The summed E-state index contributed by atoms with van der Waals surface area (Å²) in [5.41, 5.74) is 2.40. The fraction of sp³-hybridized carbons (Fsp3) is 0.240. The van der Waals surface area contributed by atoms with E-state index in [4.69, 9.17) is 14.2 Å². The van der Waals surface area contributed by atoms with Crippen molar-refractivity contribution in [1.82, 2.24) is 0 Å². The summed E-state index contributed by atoms with van der Waals surface area (Å²) < 4.78 is 15.7. The number of aryl methyl sites for hydroxylation is 1. The van der Waals surface area contributed by atoms with Crippen molar-refractivity contribution in [3.63, 3.8) is 0 Å². The summed E-state index contributed by atoms with van der Waals surface area (Å²) in [5.74, 6) is -0.490. The van der Waals surface area contributed by atoms with Gasteiger partial charge in [-0.3, -0.25) is 9.59 Å². The number of methoxy groups -OCH3 is 2. The van der Waals surface area contributed by atoms with E-state index >= 15 is 0 Å². The second-order valence-corrected chi connectivity index (χ2v) is 8.34. The highest BCUT2D eigenvalue weighted by atomic mass is 32.1. The number of anilines is 2. The lowest BCUT2D eigenvalue weighted by Crippen LogP contribution is -2.15. The molecule has 9 heteroatoms. The van der Waals surface area contributed by atoms with Crippen LogP contribution in [0.2, 0.25) is 0 Å². The Morgan fingerprint density at radius 1 is 0.912 bits per heavy atom. The molecule has 0 saturated heterocycles. The molecule has 0 aliphatic carbocycles. The predicted octanol–water partition coefficient (Wildman–Crippen LogP) is 5.06. The first-order chi connectivity index (χ1) is 16.3. The van der Waals surface area contributed by atoms with E-state index in [1.165, 1.54) is 14.2 Å². The molecule has 8 nitrogen and oxygen atoms in total. The largest absolute Gasteiger partial charge is 0.497 e. The average Bonchev–Trinajstić information content (AvgIpc) is 3.15. The lowest BCUT2D eigenvalue weighted by molar-refractivity contribution is 0.0527. The topological polar surface area (TPSA) is 103 Å². The van der Waals surface area contributed by atoms with E-state index in [0.717, 1.165) is 16.9 Å². The van der Waals surface area contributed by atoms with E-state index in [-0.39, 0.29) is 22.0 Å². The zero-order chi connectivity index (χ0) is 24.8. The maximum Gasteiger partial charge on any atom is 0.341 e. The van der Waals surface area contributed by atoms with Crippen molar-refractivity contribution >= 4 is 39.8 Å². The number of benzene rings is 2. The minimum Gasteiger partial charge on any atom is -0.497 e. The number of amides is 2. The van der Waals surface area contributed by atoms with Crippen LogP contribution in [0, 0.1) is 13.8 Å². The van der Waals surface area contributed by atoms with Crippen molar-refractivity contribution in [2.24, 2.45) is 0 Å². The molecule has 1 aromatic heterocycles. The number of hydrogen-bond acceptors (Lipinski definition) is 7. The Morgan fingerprint density at radius 2 is 1.62 bits per heavy atom. The molecule has 0 bridgehead atoms. The molecule has 34 heavy (non-hydrogen) atoms. The van der Waals surface area contributed by atoms with Crippen LogP contribution < -0.4 is 20.1 Å². The maximum absolute atomic E-state index is 13.2. The molecule has 0 radical (unpaired) electrons. The molecular weight excluding hydrogens is 456 g/mol. The third-order valence-corrected chi connectivity index (χ3v) is 6.23. The molecule has 3 aromatic rings. The Kier molecular flexibility index (Phi) is 7.91. The second-order valence-electron chi connectivity index (χ2n) is 7.32. The third-order valence-electron chi connectivity index (χ3n) is 5.03. The van der Waals surface area contributed by atoms with Crippen LogP contribution in [0.5, 0.6) is 11.5 Å². The summed E-state index contributed by atoms with van der Waals surface area (Å²) in [6.45, 7) is 5.41. The second kappa shape index (κ2) is 10.8. The maximum atomic E-state index is 13.2. The molecule has 2 aromatic carbocycles. The van der Waals surface area contributed by atoms with E-state index in [0.29, 0.717) is 28.3 Å². The average molecular weight is 483 g/mol. The zero-order valence-electron chi connectivity index (χ0n) is 19.6.